The number of carbonyl (C=O) groups is 1. The third kappa shape index (κ3) is 12.1. The Balaban J connectivity index is 1.44. The molecule has 8 rings (SSSR count). The monoisotopic (exact) mass is 1030 g/mol. The summed E-state index contributed by atoms with van der Waals surface area (Å²) < 4.78 is 6.44. The van der Waals surface area contributed by atoms with E-state index >= 15 is 0 Å². The Morgan fingerprint density at radius 1 is 0.519 bits per heavy atom. The van der Waals surface area contributed by atoms with E-state index in [1.54, 1.807) is 6.07 Å². The molecule has 4 unspecified atom stereocenters. The highest BCUT2D eigenvalue weighted by molar-refractivity contribution is 5.96. The Kier molecular flexibility index (Phi) is 19.6. The van der Waals surface area contributed by atoms with E-state index in [0.717, 1.165) is 44.1 Å². The molecule has 0 bridgehead atoms. The van der Waals surface area contributed by atoms with Crippen LogP contribution in [0.3, 0.4) is 0 Å². The van der Waals surface area contributed by atoms with Crippen LogP contribution in [-0.4, -0.2) is 11.1 Å². The summed E-state index contributed by atoms with van der Waals surface area (Å²) in [6.45, 7) is 19.1. The van der Waals surface area contributed by atoms with Crippen molar-refractivity contribution in [2.45, 2.75) is 195 Å². The quantitative estimate of drug-likeness (QED) is 0.0359. The van der Waals surface area contributed by atoms with Crippen LogP contribution in [0.1, 0.15) is 212 Å². The van der Waals surface area contributed by atoms with E-state index in [1.165, 1.54) is 158 Å². The molecule has 0 saturated heterocycles. The van der Waals surface area contributed by atoms with E-state index in [9.17, 15) is 15.2 Å². The predicted molar refractivity (Wildman–Crippen MR) is 324 cm³/mol. The van der Waals surface area contributed by atoms with Crippen LogP contribution in [0.2, 0.25) is 0 Å². The van der Waals surface area contributed by atoms with E-state index < -0.39 is 5.97 Å². The first kappa shape index (κ1) is 57.1. The lowest BCUT2D eigenvalue weighted by atomic mass is 9.63. The molecule has 1 heterocycles. The molecule has 0 saturated carbocycles. The number of aliphatic carboxylic acids is 1. The number of benzene rings is 5. The molecule has 5 aromatic carbocycles. The zero-order valence-electron chi connectivity index (χ0n) is 48.2. The van der Waals surface area contributed by atoms with Crippen molar-refractivity contribution >= 4 is 29.1 Å². The fraction of sp³-hybridized carbons (Fsp3) is 0.472. The van der Waals surface area contributed by atoms with Gasteiger partial charge in [-0.15, -0.1) is 0 Å². The van der Waals surface area contributed by atoms with Crippen LogP contribution in [0.15, 0.2) is 131 Å². The number of fused-ring (bicyclic) bond motifs is 6. The first-order valence-corrected chi connectivity index (χ1v) is 30.4. The molecule has 0 aliphatic heterocycles. The average molecular weight is 1030 g/mol. The van der Waals surface area contributed by atoms with Crippen LogP contribution in [0.5, 0.6) is 0 Å². The molecule has 0 fully saturated rings. The van der Waals surface area contributed by atoms with E-state index in [2.05, 4.69) is 169 Å². The molecular formula is C72H90N2O3. The molecule has 0 amide bonds. The van der Waals surface area contributed by atoms with Gasteiger partial charge in [0.05, 0.1) is 0 Å². The number of unbranched alkanes of at least 4 members (excludes halogenated alkanes) is 4. The second-order valence-corrected chi connectivity index (χ2v) is 23.3. The van der Waals surface area contributed by atoms with Crippen LogP contribution in [0.4, 0.5) is 17.1 Å². The molecular weight excluding hydrogens is 941 g/mol. The van der Waals surface area contributed by atoms with Gasteiger partial charge in [-0.3, -0.25) is 0 Å². The zero-order valence-corrected chi connectivity index (χ0v) is 48.2. The number of anilines is 3. The van der Waals surface area contributed by atoms with E-state index in [4.69, 9.17) is 4.42 Å². The second kappa shape index (κ2) is 26.5. The third-order valence-electron chi connectivity index (χ3n) is 18.4. The van der Waals surface area contributed by atoms with Crippen LogP contribution in [-0.2, 0) is 15.6 Å². The van der Waals surface area contributed by atoms with Gasteiger partial charge in [0.15, 0.2) is 0 Å². The third-order valence-corrected chi connectivity index (χ3v) is 18.4. The molecule has 406 valence electrons. The average Bonchev–Trinajstić information content (AvgIpc) is 4.33. The minimum Gasteiger partial charge on any atom is -0.477 e. The van der Waals surface area contributed by atoms with Crippen LogP contribution < -0.4 is 4.90 Å². The minimum absolute atomic E-state index is 0.195. The molecule has 4 atom stereocenters. The van der Waals surface area contributed by atoms with E-state index in [0.29, 0.717) is 35.2 Å². The smallest absolute Gasteiger partial charge is 0.346 e. The summed E-state index contributed by atoms with van der Waals surface area (Å²) in [4.78, 5) is 14.4. The Hall–Kier alpha value is -6.12. The maximum Gasteiger partial charge on any atom is 0.346 e. The fourth-order valence-electron chi connectivity index (χ4n) is 14.0. The van der Waals surface area contributed by atoms with Crippen molar-refractivity contribution in [3.63, 3.8) is 0 Å². The number of hydrogen-bond acceptors (Lipinski definition) is 4. The van der Waals surface area contributed by atoms with Gasteiger partial charge in [0.25, 0.3) is 0 Å². The van der Waals surface area contributed by atoms with Gasteiger partial charge in [-0.25, -0.2) is 4.79 Å². The number of carboxylic acid groups (broad SMARTS) is 1. The molecule has 2 aliphatic rings. The van der Waals surface area contributed by atoms with Crippen molar-refractivity contribution < 1.29 is 14.3 Å². The SMILES string of the molecule is CCCCC(CC)CC1(CC(CC)CCCC)c2cc(-c3ccc(/C=C(\C#N)C(=O)O)o3)ccc2-c2cc3c(cc21)-c1ccc(N(c2ccccc2)c2ccccc2)cc1C3(CC(CC)CCCC)CC(CC)CCCC. The van der Waals surface area contributed by atoms with Crippen molar-refractivity contribution in [1.29, 1.82) is 5.26 Å². The summed E-state index contributed by atoms with van der Waals surface area (Å²) in [6, 6.07) is 47.7. The number of hydrogen-bond donors (Lipinski definition) is 1. The summed E-state index contributed by atoms with van der Waals surface area (Å²) in [5, 5.41) is 19.3. The van der Waals surface area contributed by atoms with Crippen LogP contribution in [0.25, 0.3) is 39.7 Å². The molecule has 77 heavy (non-hydrogen) atoms. The fourth-order valence-corrected chi connectivity index (χ4v) is 14.0. The topological polar surface area (TPSA) is 77.5 Å². The standard InChI is InChI=1S/C72H90N2O3/c1-9-17-27-51(13-5)46-71(47-52(14-6)28-18-10-2)65-42-55(69-40-37-60(77-69)41-56(50-73)70(75)76)35-38-61(65)63-44-68-64(45-67(63)71)62-39-36-59(74(57-31-23-21-24-32-57)58-33-25-22-26-34-58)43-66(62)72(68,48-53(15-7)29-19-11-3)49-54(16-8)30-20-12-4/h21-26,31-45,51-54H,9-20,27-30,46-49H2,1-8H3,(H,75,76)/b56-41+. The molecule has 5 heteroatoms. The number of rotatable bonds is 30. The summed E-state index contributed by atoms with van der Waals surface area (Å²) in [5.74, 6) is 2.07. The molecule has 6 aromatic rings. The number of carboxylic acids is 1. The molecule has 5 nitrogen and oxygen atoms in total. The van der Waals surface area contributed by atoms with Gasteiger partial charge >= 0.3 is 5.97 Å². The largest absolute Gasteiger partial charge is 0.477 e. The zero-order chi connectivity index (χ0) is 54.5. The summed E-state index contributed by atoms with van der Waals surface area (Å²) in [5.41, 5.74) is 15.4. The first-order valence-electron chi connectivity index (χ1n) is 30.4. The molecule has 1 aromatic heterocycles. The van der Waals surface area contributed by atoms with Gasteiger partial charge in [-0.05, 0) is 161 Å². The summed E-state index contributed by atoms with van der Waals surface area (Å²) in [6.07, 6.45) is 25.1. The maximum atomic E-state index is 11.9. The molecule has 0 radical (unpaired) electrons. The molecule has 2 aliphatic carbocycles. The van der Waals surface area contributed by atoms with Crippen molar-refractivity contribution in [3.05, 3.63) is 155 Å². The lowest BCUT2D eigenvalue weighted by Crippen LogP contribution is -2.33. The maximum absolute atomic E-state index is 11.9. The van der Waals surface area contributed by atoms with Gasteiger partial charge in [-0.1, -0.05) is 213 Å². The summed E-state index contributed by atoms with van der Waals surface area (Å²) >= 11 is 0. The summed E-state index contributed by atoms with van der Waals surface area (Å²) in [7, 11) is 0. The van der Waals surface area contributed by atoms with Gasteiger partial charge in [0.1, 0.15) is 23.2 Å². The predicted octanol–water partition coefficient (Wildman–Crippen LogP) is 21.4. The van der Waals surface area contributed by atoms with Crippen molar-refractivity contribution in [2.75, 3.05) is 4.90 Å². The lowest BCUT2D eigenvalue weighted by Gasteiger charge is -2.40. The van der Waals surface area contributed by atoms with Crippen LogP contribution >= 0.6 is 0 Å². The highest BCUT2D eigenvalue weighted by Gasteiger charge is 2.51. The second-order valence-electron chi connectivity index (χ2n) is 23.3. The Morgan fingerprint density at radius 3 is 1.34 bits per heavy atom. The van der Waals surface area contributed by atoms with Gasteiger partial charge in [0, 0.05) is 39.5 Å². The van der Waals surface area contributed by atoms with E-state index in [-0.39, 0.29) is 16.4 Å². The highest BCUT2D eigenvalue weighted by atomic mass is 16.4. The number of furan rings is 1. The van der Waals surface area contributed by atoms with Crippen molar-refractivity contribution in [1.82, 2.24) is 0 Å². The van der Waals surface area contributed by atoms with Gasteiger partial charge in [-0.2, -0.15) is 5.26 Å². The first-order chi connectivity index (χ1) is 37.5. The number of nitriles is 1. The molecule has 1 N–H and O–H groups in total. The Labute approximate surface area is 464 Å². The van der Waals surface area contributed by atoms with Gasteiger partial charge < -0.3 is 14.4 Å². The normalized spacial score (nSPS) is 17.9. The number of nitrogens with zero attached hydrogens (tertiary/aromatic N) is 2. The highest BCUT2D eigenvalue weighted by Crippen LogP contribution is 2.63. The van der Waals surface area contributed by atoms with Crippen LogP contribution in [0, 0.1) is 35.0 Å². The van der Waals surface area contributed by atoms with E-state index in [1.807, 2.05) is 12.1 Å². The van der Waals surface area contributed by atoms with Crippen molar-refractivity contribution in [2.24, 2.45) is 23.7 Å². The number of para-hydroxylation sites is 2. The van der Waals surface area contributed by atoms with Crippen molar-refractivity contribution in [3.8, 4) is 39.6 Å². The van der Waals surface area contributed by atoms with Gasteiger partial charge in [0.2, 0.25) is 0 Å². The minimum atomic E-state index is -1.26. The Morgan fingerprint density at radius 2 is 0.935 bits per heavy atom. The molecule has 0 spiro atoms. The Bertz CT molecular complexity index is 2880. The lowest BCUT2D eigenvalue weighted by molar-refractivity contribution is -0.132.